The van der Waals surface area contributed by atoms with Crippen molar-refractivity contribution in [3.63, 3.8) is 0 Å². The van der Waals surface area contributed by atoms with Gasteiger partial charge in [0.1, 0.15) is 5.60 Å². The topological polar surface area (TPSA) is 63.7 Å². The predicted molar refractivity (Wildman–Crippen MR) is 115 cm³/mol. The van der Waals surface area contributed by atoms with E-state index in [-0.39, 0.29) is 17.6 Å². The first-order chi connectivity index (χ1) is 14.5. The third-order valence-corrected chi connectivity index (χ3v) is 6.06. The van der Waals surface area contributed by atoms with Crippen LogP contribution in [-0.4, -0.2) is 60.3 Å². The van der Waals surface area contributed by atoms with Crippen LogP contribution in [0, 0.1) is 13.8 Å². The lowest BCUT2D eigenvalue weighted by molar-refractivity contribution is -0.0849. The van der Waals surface area contributed by atoms with Gasteiger partial charge in [0.15, 0.2) is 0 Å². The van der Waals surface area contributed by atoms with Gasteiger partial charge in [0.05, 0.1) is 25.0 Å². The lowest BCUT2D eigenvalue weighted by Gasteiger charge is -2.32. The molecule has 3 heterocycles. The van der Waals surface area contributed by atoms with Crippen LogP contribution >= 0.6 is 0 Å². The smallest absolute Gasteiger partial charge is 0.251 e. The molecule has 1 aromatic carbocycles. The second-order valence-corrected chi connectivity index (χ2v) is 8.57. The molecule has 1 spiro atoms. The Morgan fingerprint density at radius 1 is 1.27 bits per heavy atom. The summed E-state index contributed by atoms with van der Waals surface area (Å²) in [6.45, 7) is 8.44. The predicted octanol–water partition coefficient (Wildman–Crippen LogP) is 2.88. The number of carbonyl (C=O) groups excluding carboxylic acids is 1. The molecule has 1 aromatic heterocycles. The Morgan fingerprint density at radius 3 is 2.90 bits per heavy atom. The Kier molecular flexibility index (Phi) is 6.46. The van der Waals surface area contributed by atoms with E-state index in [1.54, 1.807) is 0 Å². The van der Waals surface area contributed by atoms with Gasteiger partial charge in [-0.3, -0.25) is 14.7 Å². The number of ether oxygens (including phenoxy) is 2. The van der Waals surface area contributed by atoms with Crippen molar-refractivity contribution in [3.05, 3.63) is 65.0 Å². The summed E-state index contributed by atoms with van der Waals surface area (Å²) in [7, 11) is 0. The number of carbonyl (C=O) groups is 1. The molecule has 30 heavy (non-hydrogen) atoms. The van der Waals surface area contributed by atoms with Gasteiger partial charge in [0.25, 0.3) is 5.91 Å². The molecular formula is C24H31N3O3. The largest absolute Gasteiger partial charge is 0.377 e. The van der Waals surface area contributed by atoms with Crippen LogP contribution in [0.2, 0.25) is 0 Å². The van der Waals surface area contributed by atoms with E-state index >= 15 is 0 Å². The number of hydrogen-bond donors (Lipinski definition) is 1. The van der Waals surface area contributed by atoms with E-state index in [4.69, 9.17) is 9.47 Å². The number of rotatable bonds is 5. The maximum absolute atomic E-state index is 12.4. The third kappa shape index (κ3) is 5.06. The lowest BCUT2D eigenvalue weighted by Crippen LogP contribution is -2.45. The Balaban J connectivity index is 1.33. The molecule has 1 N–H and O–H groups in total. The molecule has 2 aliphatic rings. The second-order valence-electron chi connectivity index (χ2n) is 8.57. The van der Waals surface area contributed by atoms with Crippen molar-refractivity contribution < 1.29 is 14.3 Å². The highest BCUT2D eigenvalue weighted by Crippen LogP contribution is 2.33. The molecule has 2 aliphatic heterocycles. The molecule has 0 aliphatic carbocycles. The van der Waals surface area contributed by atoms with E-state index in [1.165, 1.54) is 5.56 Å². The third-order valence-electron chi connectivity index (χ3n) is 6.06. The fraction of sp³-hybridized carbons (Fsp3) is 0.500. The first-order valence-corrected chi connectivity index (χ1v) is 10.8. The minimum absolute atomic E-state index is 0.0135. The second kappa shape index (κ2) is 9.25. The van der Waals surface area contributed by atoms with E-state index in [0.717, 1.165) is 43.7 Å². The van der Waals surface area contributed by atoms with E-state index in [2.05, 4.69) is 28.2 Å². The summed E-state index contributed by atoms with van der Waals surface area (Å²) in [5.41, 5.74) is 3.84. The summed E-state index contributed by atoms with van der Waals surface area (Å²) in [4.78, 5) is 19.3. The fourth-order valence-corrected chi connectivity index (χ4v) is 4.29. The Bertz CT molecular complexity index is 870. The van der Waals surface area contributed by atoms with Crippen molar-refractivity contribution >= 4 is 5.91 Å². The van der Waals surface area contributed by atoms with Gasteiger partial charge in [0, 0.05) is 37.9 Å². The van der Waals surface area contributed by atoms with Crippen LogP contribution in [0.25, 0.3) is 0 Å². The van der Waals surface area contributed by atoms with Crippen molar-refractivity contribution in [2.45, 2.75) is 44.9 Å². The van der Waals surface area contributed by atoms with Crippen LogP contribution in [0.3, 0.4) is 0 Å². The summed E-state index contributed by atoms with van der Waals surface area (Å²) < 4.78 is 12.4. The zero-order chi connectivity index (χ0) is 21.0. The van der Waals surface area contributed by atoms with Crippen LogP contribution in [-0.2, 0) is 16.0 Å². The molecule has 0 saturated carbocycles. The van der Waals surface area contributed by atoms with Gasteiger partial charge < -0.3 is 14.8 Å². The summed E-state index contributed by atoms with van der Waals surface area (Å²) in [5.74, 6) is -0.0519. The molecular weight excluding hydrogens is 378 g/mol. The van der Waals surface area contributed by atoms with Gasteiger partial charge in [-0.25, -0.2) is 0 Å². The van der Waals surface area contributed by atoms with Gasteiger partial charge in [-0.2, -0.15) is 0 Å². The molecule has 4 rings (SSSR count). The summed E-state index contributed by atoms with van der Waals surface area (Å²) >= 11 is 0. The standard InChI is InChI=1S/C24H31N3O3/c1-18-5-7-20(8-6-18)23(28)26-14-21-9-10-24(30-21)16-27(12-13-29-17-24)15-22-19(2)4-3-11-25-22/h3-8,11,21H,9-10,12-17H2,1-2H3,(H,26,28)/t21-,24+/m1/s1. The minimum atomic E-state index is -0.307. The number of nitrogens with one attached hydrogen (secondary N) is 1. The number of benzene rings is 1. The number of hydrogen-bond acceptors (Lipinski definition) is 5. The molecule has 6 nitrogen and oxygen atoms in total. The number of amides is 1. The van der Waals surface area contributed by atoms with E-state index in [0.29, 0.717) is 25.3 Å². The van der Waals surface area contributed by atoms with Crippen molar-refractivity contribution in [3.8, 4) is 0 Å². The van der Waals surface area contributed by atoms with Crippen molar-refractivity contribution in [2.24, 2.45) is 0 Å². The van der Waals surface area contributed by atoms with E-state index in [1.807, 2.05) is 43.5 Å². The normalized spacial score (nSPS) is 24.7. The van der Waals surface area contributed by atoms with Gasteiger partial charge in [-0.05, 0) is 50.5 Å². The molecule has 0 radical (unpaired) electrons. The van der Waals surface area contributed by atoms with Crippen molar-refractivity contribution in [1.29, 1.82) is 0 Å². The number of pyridine rings is 1. The highest BCUT2D eigenvalue weighted by Gasteiger charge is 2.43. The maximum Gasteiger partial charge on any atom is 0.251 e. The first-order valence-electron chi connectivity index (χ1n) is 10.8. The minimum Gasteiger partial charge on any atom is -0.377 e. The van der Waals surface area contributed by atoms with Crippen LogP contribution in [0.1, 0.15) is 40.0 Å². The van der Waals surface area contributed by atoms with Gasteiger partial charge in [0.2, 0.25) is 0 Å². The molecule has 160 valence electrons. The summed E-state index contributed by atoms with van der Waals surface area (Å²) in [6, 6.07) is 11.7. The van der Waals surface area contributed by atoms with Crippen LogP contribution in [0.5, 0.6) is 0 Å². The quantitative estimate of drug-likeness (QED) is 0.823. The van der Waals surface area contributed by atoms with Gasteiger partial charge >= 0.3 is 0 Å². The van der Waals surface area contributed by atoms with E-state index in [9.17, 15) is 4.79 Å². The summed E-state index contributed by atoms with van der Waals surface area (Å²) in [6.07, 6.45) is 3.73. The average molecular weight is 410 g/mol. The lowest BCUT2D eigenvalue weighted by atomic mass is 10.00. The van der Waals surface area contributed by atoms with Crippen LogP contribution < -0.4 is 5.32 Å². The number of aromatic nitrogens is 1. The monoisotopic (exact) mass is 409 g/mol. The molecule has 0 unspecified atom stereocenters. The Morgan fingerprint density at radius 2 is 2.10 bits per heavy atom. The maximum atomic E-state index is 12.4. The molecule has 1 amide bonds. The molecule has 2 fully saturated rings. The van der Waals surface area contributed by atoms with Gasteiger partial charge in [-0.1, -0.05) is 23.8 Å². The van der Waals surface area contributed by atoms with E-state index < -0.39 is 0 Å². The molecule has 2 saturated heterocycles. The molecule has 2 aromatic rings. The zero-order valence-electron chi connectivity index (χ0n) is 17.9. The molecule has 2 atom stereocenters. The average Bonchev–Trinajstić information content (AvgIpc) is 3.03. The van der Waals surface area contributed by atoms with Crippen LogP contribution in [0.4, 0.5) is 0 Å². The zero-order valence-corrected chi connectivity index (χ0v) is 17.9. The van der Waals surface area contributed by atoms with Gasteiger partial charge in [-0.15, -0.1) is 0 Å². The number of nitrogens with zero attached hydrogens (tertiary/aromatic N) is 2. The molecule has 6 heteroatoms. The summed E-state index contributed by atoms with van der Waals surface area (Å²) in [5, 5.41) is 3.03. The SMILES string of the molecule is Cc1ccc(C(=O)NC[C@H]2CC[C@]3(COCCN(Cc4ncccc4C)C3)O2)cc1. The molecule has 0 bridgehead atoms. The first kappa shape index (κ1) is 21.0. The van der Waals surface area contributed by atoms with Crippen molar-refractivity contribution in [2.75, 3.05) is 32.8 Å². The highest BCUT2D eigenvalue weighted by molar-refractivity contribution is 5.94. The highest BCUT2D eigenvalue weighted by atomic mass is 16.6. The fourth-order valence-electron chi connectivity index (χ4n) is 4.29. The van der Waals surface area contributed by atoms with Crippen LogP contribution in [0.15, 0.2) is 42.6 Å². The Hall–Kier alpha value is -2.28. The number of aryl methyl sites for hydroxylation is 2. The van der Waals surface area contributed by atoms with Crippen molar-refractivity contribution in [1.82, 2.24) is 15.2 Å². The Labute approximate surface area is 178 Å².